The minimum Gasteiger partial charge on any atom is -0.384 e. The van der Waals surface area contributed by atoms with Crippen LogP contribution in [0.1, 0.15) is 31.5 Å². The minimum absolute atomic E-state index is 0.534. The van der Waals surface area contributed by atoms with Crippen molar-refractivity contribution < 1.29 is 0 Å². The van der Waals surface area contributed by atoms with E-state index in [-0.39, 0.29) is 0 Å². The maximum Gasteiger partial charge on any atom is 0.179 e. The van der Waals surface area contributed by atoms with Crippen LogP contribution >= 0.6 is 0 Å². The molecule has 2 heterocycles. The van der Waals surface area contributed by atoms with E-state index in [0.29, 0.717) is 5.82 Å². The number of anilines is 1. The first-order valence-corrected chi connectivity index (χ1v) is 5.92. The molecule has 0 aliphatic heterocycles. The van der Waals surface area contributed by atoms with Crippen LogP contribution in [0.25, 0.3) is 11.2 Å². The van der Waals surface area contributed by atoms with Gasteiger partial charge in [-0.1, -0.05) is 25.7 Å². The van der Waals surface area contributed by atoms with E-state index in [2.05, 4.69) is 15.0 Å². The van der Waals surface area contributed by atoms with Crippen molar-refractivity contribution in [1.29, 1.82) is 0 Å². The zero-order valence-corrected chi connectivity index (χ0v) is 9.24. The molecule has 3 N–H and O–H groups in total. The van der Waals surface area contributed by atoms with Gasteiger partial charge in [-0.2, -0.15) is 0 Å². The standard InChI is InChI=1S/C12H16N4/c13-10-6-5-9-12(15-10)16-11(14-9)7-8-3-1-2-4-8/h5-6,8H,1-4,7H2,(H3,13,14,15,16). The fourth-order valence-corrected chi connectivity index (χ4v) is 2.54. The normalized spacial score (nSPS) is 17.2. The van der Waals surface area contributed by atoms with Crippen LogP contribution in [0.3, 0.4) is 0 Å². The van der Waals surface area contributed by atoms with Gasteiger partial charge in [0.1, 0.15) is 11.6 Å². The van der Waals surface area contributed by atoms with Crippen LogP contribution in [-0.2, 0) is 6.42 Å². The average Bonchev–Trinajstić information content (AvgIpc) is 2.86. The number of nitrogen functional groups attached to an aromatic ring is 1. The number of hydrogen-bond acceptors (Lipinski definition) is 3. The first-order chi connectivity index (χ1) is 7.81. The number of rotatable bonds is 2. The van der Waals surface area contributed by atoms with Crippen molar-refractivity contribution in [2.45, 2.75) is 32.1 Å². The molecule has 2 aromatic heterocycles. The number of H-pyrrole nitrogens is 1. The van der Waals surface area contributed by atoms with Gasteiger partial charge in [-0.25, -0.2) is 9.97 Å². The van der Waals surface area contributed by atoms with Gasteiger partial charge in [0.25, 0.3) is 0 Å². The quantitative estimate of drug-likeness (QED) is 0.809. The van der Waals surface area contributed by atoms with Crippen LogP contribution in [0.5, 0.6) is 0 Å². The number of nitrogens with one attached hydrogen (secondary N) is 1. The monoisotopic (exact) mass is 216 g/mol. The van der Waals surface area contributed by atoms with Gasteiger partial charge in [0, 0.05) is 6.42 Å². The van der Waals surface area contributed by atoms with Crippen molar-refractivity contribution in [3.8, 4) is 0 Å². The number of nitrogens with two attached hydrogens (primary N) is 1. The van der Waals surface area contributed by atoms with Gasteiger partial charge in [0.2, 0.25) is 0 Å². The fraction of sp³-hybridized carbons (Fsp3) is 0.500. The Morgan fingerprint density at radius 3 is 2.88 bits per heavy atom. The molecule has 0 aromatic carbocycles. The molecular formula is C12H16N4. The second kappa shape index (κ2) is 3.77. The molecule has 1 saturated carbocycles. The molecular weight excluding hydrogens is 200 g/mol. The van der Waals surface area contributed by atoms with Crippen molar-refractivity contribution in [1.82, 2.24) is 15.0 Å². The zero-order valence-electron chi connectivity index (χ0n) is 9.24. The van der Waals surface area contributed by atoms with Crippen LogP contribution in [0, 0.1) is 5.92 Å². The predicted octanol–water partition coefficient (Wildman–Crippen LogP) is 2.27. The van der Waals surface area contributed by atoms with E-state index in [0.717, 1.165) is 29.3 Å². The van der Waals surface area contributed by atoms with Crippen molar-refractivity contribution in [2.75, 3.05) is 5.73 Å². The van der Waals surface area contributed by atoms with Gasteiger partial charge in [-0.15, -0.1) is 0 Å². The van der Waals surface area contributed by atoms with E-state index < -0.39 is 0 Å². The summed E-state index contributed by atoms with van der Waals surface area (Å²) in [5.41, 5.74) is 7.36. The predicted molar refractivity (Wildman–Crippen MR) is 64.0 cm³/mol. The molecule has 1 aliphatic carbocycles. The summed E-state index contributed by atoms with van der Waals surface area (Å²) in [5.74, 6) is 2.39. The van der Waals surface area contributed by atoms with E-state index in [1.165, 1.54) is 25.7 Å². The number of pyridine rings is 1. The number of hydrogen-bond donors (Lipinski definition) is 2. The van der Waals surface area contributed by atoms with Crippen molar-refractivity contribution in [3.63, 3.8) is 0 Å². The third-order valence-corrected chi connectivity index (χ3v) is 3.37. The molecule has 0 saturated heterocycles. The summed E-state index contributed by atoms with van der Waals surface area (Å²) in [6.07, 6.45) is 6.47. The molecule has 84 valence electrons. The Morgan fingerprint density at radius 1 is 1.25 bits per heavy atom. The lowest BCUT2D eigenvalue weighted by Crippen LogP contribution is -2.00. The Bertz CT molecular complexity index is 497. The molecule has 0 atom stereocenters. The van der Waals surface area contributed by atoms with E-state index in [1.54, 1.807) is 6.07 Å². The van der Waals surface area contributed by atoms with E-state index in [9.17, 15) is 0 Å². The molecule has 16 heavy (non-hydrogen) atoms. The molecule has 2 aromatic rings. The fourth-order valence-electron chi connectivity index (χ4n) is 2.54. The largest absolute Gasteiger partial charge is 0.384 e. The van der Waals surface area contributed by atoms with E-state index in [4.69, 9.17) is 5.73 Å². The third-order valence-electron chi connectivity index (χ3n) is 3.37. The molecule has 0 bridgehead atoms. The van der Waals surface area contributed by atoms with Gasteiger partial charge >= 0.3 is 0 Å². The highest BCUT2D eigenvalue weighted by molar-refractivity contribution is 5.72. The second-order valence-electron chi connectivity index (χ2n) is 4.65. The Balaban J connectivity index is 1.86. The SMILES string of the molecule is Nc1ccc2[nH]c(CC3CCCC3)nc2n1. The Kier molecular flexibility index (Phi) is 2.27. The van der Waals surface area contributed by atoms with Crippen LogP contribution in [0.2, 0.25) is 0 Å². The summed E-state index contributed by atoms with van der Waals surface area (Å²) in [6, 6.07) is 3.75. The lowest BCUT2D eigenvalue weighted by Gasteiger charge is -2.04. The first kappa shape index (κ1) is 9.63. The van der Waals surface area contributed by atoms with Crippen LogP contribution in [0.15, 0.2) is 12.1 Å². The summed E-state index contributed by atoms with van der Waals surface area (Å²) in [7, 11) is 0. The van der Waals surface area contributed by atoms with Crippen LogP contribution < -0.4 is 5.73 Å². The summed E-state index contributed by atoms with van der Waals surface area (Å²) >= 11 is 0. The summed E-state index contributed by atoms with van der Waals surface area (Å²) in [5, 5.41) is 0. The molecule has 3 rings (SSSR count). The Hall–Kier alpha value is -1.58. The maximum atomic E-state index is 5.63. The van der Waals surface area contributed by atoms with Crippen LogP contribution in [-0.4, -0.2) is 15.0 Å². The van der Waals surface area contributed by atoms with Gasteiger partial charge in [0.15, 0.2) is 5.65 Å². The number of imidazole rings is 1. The number of aromatic nitrogens is 3. The highest BCUT2D eigenvalue weighted by Gasteiger charge is 2.17. The molecule has 1 aliphatic rings. The molecule has 0 amide bonds. The maximum absolute atomic E-state index is 5.63. The lowest BCUT2D eigenvalue weighted by atomic mass is 10.0. The van der Waals surface area contributed by atoms with Crippen molar-refractivity contribution >= 4 is 17.0 Å². The minimum atomic E-state index is 0.534. The van der Waals surface area contributed by atoms with E-state index >= 15 is 0 Å². The van der Waals surface area contributed by atoms with E-state index in [1.807, 2.05) is 6.07 Å². The third kappa shape index (κ3) is 1.75. The first-order valence-electron chi connectivity index (χ1n) is 5.92. The summed E-state index contributed by atoms with van der Waals surface area (Å²) in [6.45, 7) is 0. The number of nitrogens with zero attached hydrogens (tertiary/aromatic N) is 2. The zero-order chi connectivity index (χ0) is 11.0. The molecule has 4 nitrogen and oxygen atoms in total. The molecule has 4 heteroatoms. The van der Waals surface area contributed by atoms with Gasteiger partial charge < -0.3 is 10.7 Å². The Labute approximate surface area is 94.3 Å². The second-order valence-corrected chi connectivity index (χ2v) is 4.65. The highest BCUT2D eigenvalue weighted by Crippen LogP contribution is 2.27. The van der Waals surface area contributed by atoms with Gasteiger partial charge in [-0.05, 0) is 18.1 Å². The Morgan fingerprint density at radius 2 is 2.06 bits per heavy atom. The molecule has 1 fully saturated rings. The lowest BCUT2D eigenvalue weighted by molar-refractivity contribution is 0.534. The molecule has 0 unspecified atom stereocenters. The highest BCUT2D eigenvalue weighted by atomic mass is 15.0. The summed E-state index contributed by atoms with van der Waals surface area (Å²) < 4.78 is 0. The smallest absolute Gasteiger partial charge is 0.179 e. The van der Waals surface area contributed by atoms with Gasteiger partial charge in [-0.3, -0.25) is 0 Å². The topological polar surface area (TPSA) is 67.6 Å². The molecule has 0 radical (unpaired) electrons. The van der Waals surface area contributed by atoms with Gasteiger partial charge in [0.05, 0.1) is 5.52 Å². The number of fused-ring (bicyclic) bond motifs is 1. The molecule has 0 spiro atoms. The summed E-state index contributed by atoms with van der Waals surface area (Å²) in [4.78, 5) is 12.0. The van der Waals surface area contributed by atoms with Crippen LogP contribution in [0.4, 0.5) is 5.82 Å². The van der Waals surface area contributed by atoms with Crippen molar-refractivity contribution in [3.05, 3.63) is 18.0 Å². The average molecular weight is 216 g/mol. The number of aromatic amines is 1. The van der Waals surface area contributed by atoms with Crippen molar-refractivity contribution in [2.24, 2.45) is 5.92 Å².